The predicted molar refractivity (Wildman–Crippen MR) is 106 cm³/mol. The summed E-state index contributed by atoms with van der Waals surface area (Å²) in [5.74, 6) is -0.615. The van der Waals surface area contributed by atoms with Crippen molar-refractivity contribution in [2.24, 2.45) is 0 Å². The molecule has 1 fully saturated rings. The maximum atomic E-state index is 13.6. The number of nitrogens with zero attached hydrogens (tertiary/aromatic N) is 2. The van der Waals surface area contributed by atoms with Gasteiger partial charge in [-0.05, 0) is 0 Å². The molecule has 0 saturated carbocycles. The Labute approximate surface area is 175 Å². The van der Waals surface area contributed by atoms with Crippen LogP contribution in [0.3, 0.4) is 0 Å². The molecule has 3 rings (SSSR count). The Balaban J connectivity index is 1.55. The second kappa shape index (κ2) is 9.02. The van der Waals surface area contributed by atoms with Crippen LogP contribution in [0.15, 0.2) is 53.0 Å². The third-order valence-corrected chi connectivity index (χ3v) is 13.2. The fourth-order valence-corrected chi connectivity index (χ4v) is 11.8. The van der Waals surface area contributed by atoms with E-state index in [1.165, 1.54) is 12.1 Å². The fraction of sp³-hybridized carbons (Fsp3) is 0.278. The molecule has 0 atom stereocenters. The molecule has 1 amide bonds. The third kappa shape index (κ3) is 5.75. The molecule has 0 N–H and O–H groups in total. The van der Waals surface area contributed by atoms with Crippen LogP contribution in [0.1, 0.15) is 15.9 Å². The normalized spacial score (nSPS) is 15.7. The molecule has 2 radical (unpaired) electrons. The van der Waals surface area contributed by atoms with Crippen LogP contribution in [-0.4, -0.2) is 68.6 Å². The minimum atomic E-state index is -3.10. The van der Waals surface area contributed by atoms with E-state index in [-0.39, 0.29) is 11.7 Å². The second-order valence-corrected chi connectivity index (χ2v) is 17.5. The molecule has 0 unspecified atom stereocenters. The second-order valence-electron chi connectivity index (χ2n) is 6.24. The van der Waals surface area contributed by atoms with E-state index < -0.39 is 32.9 Å². The summed E-state index contributed by atoms with van der Waals surface area (Å²) in [5.41, 5.74) is 1.12. The zero-order valence-electron chi connectivity index (χ0n) is 14.4. The van der Waals surface area contributed by atoms with Crippen molar-refractivity contribution in [1.29, 1.82) is 0 Å². The van der Waals surface area contributed by atoms with Gasteiger partial charge in [0.05, 0.1) is 0 Å². The van der Waals surface area contributed by atoms with E-state index in [4.69, 9.17) is 0 Å². The molecule has 0 aliphatic carbocycles. The van der Waals surface area contributed by atoms with E-state index in [1.54, 1.807) is 11.0 Å². The van der Waals surface area contributed by atoms with E-state index in [0.717, 1.165) is 5.56 Å². The molecule has 0 bridgehead atoms. The number of carbonyl (C=O) groups is 1. The summed E-state index contributed by atoms with van der Waals surface area (Å²) in [7, 11) is -3.10. The molecule has 27 heavy (non-hydrogen) atoms. The van der Waals surface area contributed by atoms with E-state index in [1.807, 2.05) is 33.5 Å². The minimum absolute atomic E-state index is 0.0807. The molecule has 1 heterocycles. The Bertz CT molecular complexity index is 919. The van der Waals surface area contributed by atoms with Gasteiger partial charge in [0.15, 0.2) is 0 Å². The summed E-state index contributed by atoms with van der Waals surface area (Å²) in [6.07, 6.45) is 0. The summed E-state index contributed by atoms with van der Waals surface area (Å²) < 4.78 is 40.9. The van der Waals surface area contributed by atoms with Crippen LogP contribution in [0.5, 0.6) is 0 Å². The van der Waals surface area contributed by atoms with Gasteiger partial charge in [-0.1, -0.05) is 0 Å². The average molecular weight is 560 g/mol. The fourth-order valence-electron chi connectivity index (χ4n) is 2.84. The number of halogens is 2. The summed E-state index contributed by atoms with van der Waals surface area (Å²) in [5, 5.41) is 0. The monoisotopic (exact) mass is 560 g/mol. The molecule has 5 nitrogen and oxygen atoms in total. The van der Waals surface area contributed by atoms with Crippen molar-refractivity contribution in [3.05, 3.63) is 69.9 Å². The summed E-state index contributed by atoms with van der Waals surface area (Å²) in [4.78, 5) is 14.2. The van der Waals surface area contributed by atoms with E-state index in [2.05, 4.69) is 15.9 Å². The van der Waals surface area contributed by atoms with Crippen molar-refractivity contribution in [3.8, 4) is 0 Å². The SMILES string of the molecule is O=C(c1ccc(Br)c(F)c1)N1CC[N]([Sn][S](=O)(=O)Cc2ccccc2)CC1. The van der Waals surface area contributed by atoms with Gasteiger partial charge in [0.2, 0.25) is 0 Å². The van der Waals surface area contributed by atoms with Crippen molar-refractivity contribution in [2.75, 3.05) is 26.2 Å². The van der Waals surface area contributed by atoms with Crippen molar-refractivity contribution >= 4 is 48.9 Å². The van der Waals surface area contributed by atoms with Gasteiger partial charge in [0, 0.05) is 0 Å². The van der Waals surface area contributed by atoms with Crippen molar-refractivity contribution < 1.29 is 17.6 Å². The summed E-state index contributed by atoms with van der Waals surface area (Å²) >= 11 is 1.28. The molecular weight excluding hydrogens is 542 g/mol. The van der Waals surface area contributed by atoms with Crippen LogP contribution in [0, 0.1) is 5.82 Å². The zero-order valence-corrected chi connectivity index (χ0v) is 19.7. The first-order chi connectivity index (χ1) is 12.8. The first-order valence-corrected chi connectivity index (χ1v) is 15.6. The Morgan fingerprint density at radius 3 is 2.37 bits per heavy atom. The zero-order chi connectivity index (χ0) is 19.4. The van der Waals surface area contributed by atoms with Crippen molar-refractivity contribution in [3.63, 3.8) is 0 Å². The van der Waals surface area contributed by atoms with Gasteiger partial charge in [0.25, 0.3) is 0 Å². The molecule has 0 aromatic heterocycles. The van der Waals surface area contributed by atoms with Crippen LogP contribution in [0.25, 0.3) is 0 Å². The number of hydrogen-bond acceptors (Lipinski definition) is 4. The molecular formula is C18H18BrFN2O3SSn. The first-order valence-electron chi connectivity index (χ1n) is 8.37. The quantitative estimate of drug-likeness (QED) is 0.528. The van der Waals surface area contributed by atoms with Gasteiger partial charge >= 0.3 is 176 Å². The molecule has 2 aromatic rings. The van der Waals surface area contributed by atoms with E-state index >= 15 is 0 Å². The van der Waals surface area contributed by atoms with Gasteiger partial charge in [0.1, 0.15) is 0 Å². The number of amides is 1. The number of benzene rings is 2. The van der Waals surface area contributed by atoms with Crippen molar-refractivity contribution in [2.45, 2.75) is 5.75 Å². The van der Waals surface area contributed by atoms with Gasteiger partial charge in [-0.2, -0.15) is 0 Å². The number of carbonyl (C=O) groups excluding carboxylic acids is 1. The Morgan fingerprint density at radius 1 is 1.07 bits per heavy atom. The molecule has 1 aliphatic heterocycles. The molecule has 0 spiro atoms. The average Bonchev–Trinajstić information content (AvgIpc) is 2.64. The van der Waals surface area contributed by atoms with Gasteiger partial charge in [-0.15, -0.1) is 0 Å². The number of hydrogen-bond donors (Lipinski definition) is 0. The van der Waals surface area contributed by atoms with E-state index in [9.17, 15) is 17.6 Å². The Hall–Kier alpha value is -0.971. The summed E-state index contributed by atoms with van der Waals surface area (Å²) in [6.45, 7) is 2.01. The third-order valence-electron chi connectivity index (χ3n) is 4.20. The van der Waals surface area contributed by atoms with E-state index in [0.29, 0.717) is 36.2 Å². The molecule has 2 aromatic carbocycles. The topological polar surface area (TPSA) is 57.7 Å². The molecule has 9 heteroatoms. The first kappa shape index (κ1) is 20.8. The number of piperazine rings is 1. The van der Waals surface area contributed by atoms with Crippen LogP contribution >= 0.6 is 15.9 Å². The van der Waals surface area contributed by atoms with Crippen LogP contribution in [0.2, 0.25) is 0 Å². The van der Waals surface area contributed by atoms with Gasteiger partial charge in [-0.25, -0.2) is 0 Å². The predicted octanol–water partition coefficient (Wildman–Crippen LogP) is 2.50. The Morgan fingerprint density at radius 2 is 1.74 bits per heavy atom. The maximum absolute atomic E-state index is 13.6. The molecule has 142 valence electrons. The molecule has 1 saturated heterocycles. The van der Waals surface area contributed by atoms with Crippen LogP contribution in [-0.2, 0) is 12.8 Å². The van der Waals surface area contributed by atoms with Crippen LogP contribution in [0.4, 0.5) is 4.39 Å². The van der Waals surface area contributed by atoms with Crippen LogP contribution < -0.4 is 0 Å². The Kier molecular flexibility index (Phi) is 6.93. The van der Waals surface area contributed by atoms with Gasteiger partial charge < -0.3 is 0 Å². The summed E-state index contributed by atoms with van der Waals surface area (Å²) in [6, 6.07) is 13.5. The standard InChI is InChI=1S/C11H11BrFN2O.C7H7O2S.Sn/c12-9-2-1-8(7-10(9)13)11(16)15-5-3-14-4-6-15;8-10(9)6-7-4-2-1-3-5-7;/h1-2,7H,3-6H2;1-5H,6H2;/q-1;;+1. The van der Waals surface area contributed by atoms with Crippen molar-refractivity contribution in [1.82, 2.24) is 8.02 Å². The molecule has 1 aliphatic rings. The van der Waals surface area contributed by atoms with Gasteiger partial charge in [-0.3, -0.25) is 0 Å². The number of rotatable bonds is 5.